The lowest BCUT2D eigenvalue weighted by molar-refractivity contribution is -0.393. The Morgan fingerprint density at radius 3 is 2.34 bits per heavy atom. The van der Waals surface area contributed by atoms with Gasteiger partial charge in [0.1, 0.15) is 5.69 Å². The van der Waals surface area contributed by atoms with Gasteiger partial charge in [-0.15, -0.1) is 0 Å². The van der Waals surface area contributed by atoms with E-state index in [9.17, 15) is 20.2 Å². The van der Waals surface area contributed by atoms with Gasteiger partial charge < -0.3 is 4.57 Å². The Balaban J connectivity index is 1.86. The molecule has 0 saturated carbocycles. The molecule has 2 aromatic carbocycles. The number of nitrogens with zero attached hydrogens (tertiary/aromatic N) is 4. The monoisotopic (exact) mass is 505 g/mol. The summed E-state index contributed by atoms with van der Waals surface area (Å²) in [6.07, 6.45) is 1.57. The third kappa shape index (κ3) is 4.42. The molecule has 0 aliphatic heterocycles. The van der Waals surface area contributed by atoms with Gasteiger partial charge in [-0.2, -0.15) is 5.10 Å². The van der Waals surface area contributed by atoms with Crippen LogP contribution >= 0.6 is 22.6 Å². The van der Waals surface area contributed by atoms with Gasteiger partial charge in [-0.25, -0.2) is 0 Å². The fraction of sp³-hybridized carbons (Fsp3) is 0.105. The van der Waals surface area contributed by atoms with Crippen molar-refractivity contribution in [2.45, 2.75) is 13.8 Å². The number of rotatable bonds is 6. The van der Waals surface area contributed by atoms with Gasteiger partial charge in [0.2, 0.25) is 0 Å². The number of hydrogen-bond acceptors (Lipinski definition) is 6. The van der Waals surface area contributed by atoms with Crippen LogP contribution < -0.4 is 5.43 Å². The summed E-state index contributed by atoms with van der Waals surface area (Å²) >= 11 is 2.25. The number of nitro groups is 2. The van der Waals surface area contributed by atoms with E-state index in [-0.39, 0.29) is 11.4 Å². The van der Waals surface area contributed by atoms with Crippen molar-refractivity contribution in [3.63, 3.8) is 0 Å². The summed E-state index contributed by atoms with van der Waals surface area (Å²) in [5.41, 5.74) is 5.77. The number of halogens is 1. The molecule has 3 rings (SSSR count). The quantitative estimate of drug-likeness (QED) is 0.220. The minimum absolute atomic E-state index is 0.0725. The predicted octanol–water partition coefficient (Wildman–Crippen LogP) is 4.96. The summed E-state index contributed by atoms with van der Waals surface area (Å²) < 4.78 is 3.23. The van der Waals surface area contributed by atoms with Crippen LogP contribution in [0.3, 0.4) is 0 Å². The minimum atomic E-state index is -0.687. The molecule has 0 bridgehead atoms. The average molecular weight is 505 g/mol. The van der Waals surface area contributed by atoms with Crippen molar-refractivity contribution in [1.82, 2.24) is 4.57 Å². The number of nitro benzene ring substituents is 2. The zero-order valence-corrected chi connectivity index (χ0v) is 17.7. The van der Waals surface area contributed by atoms with Crippen LogP contribution in [-0.2, 0) is 0 Å². The van der Waals surface area contributed by atoms with Crippen LogP contribution in [0, 0.1) is 37.6 Å². The first-order chi connectivity index (χ1) is 13.8. The van der Waals surface area contributed by atoms with Crippen LogP contribution in [0.1, 0.15) is 17.0 Å². The van der Waals surface area contributed by atoms with Crippen LogP contribution in [0.4, 0.5) is 17.1 Å². The van der Waals surface area contributed by atoms with E-state index in [4.69, 9.17) is 0 Å². The molecule has 0 aliphatic carbocycles. The fourth-order valence-electron chi connectivity index (χ4n) is 2.96. The molecule has 1 aromatic heterocycles. The standard InChI is InChI=1S/C19H16IN5O4/c1-12-9-14(13(2)23(12)16-5-3-15(20)4-6-16)11-21-22-18-8-7-17(24(26)27)10-19(18)25(28)29/h3-11,22H,1-2H3/b21-11-. The lowest BCUT2D eigenvalue weighted by Crippen LogP contribution is -2.00. The molecule has 3 aromatic rings. The van der Waals surface area contributed by atoms with E-state index in [1.165, 1.54) is 12.1 Å². The maximum absolute atomic E-state index is 11.2. The number of non-ortho nitro benzene ring substituents is 1. The summed E-state index contributed by atoms with van der Waals surface area (Å²) in [6, 6.07) is 13.4. The lowest BCUT2D eigenvalue weighted by Gasteiger charge is -2.09. The Labute approximate surface area is 179 Å². The minimum Gasteiger partial charge on any atom is -0.318 e. The SMILES string of the molecule is Cc1cc(/C=N\Nc2ccc([N+](=O)[O-])cc2[N+](=O)[O-])c(C)n1-c1ccc(I)cc1. The van der Waals surface area contributed by atoms with Gasteiger partial charge in [-0.05, 0) is 72.8 Å². The van der Waals surface area contributed by atoms with Crippen LogP contribution in [0.25, 0.3) is 5.69 Å². The summed E-state index contributed by atoms with van der Waals surface area (Å²) in [5.74, 6) is 0. The molecular weight excluding hydrogens is 489 g/mol. The topological polar surface area (TPSA) is 116 Å². The van der Waals surface area contributed by atoms with E-state index < -0.39 is 15.5 Å². The van der Waals surface area contributed by atoms with Gasteiger partial charge in [-0.1, -0.05) is 0 Å². The molecule has 1 heterocycles. The number of aryl methyl sites for hydroxylation is 1. The summed E-state index contributed by atoms with van der Waals surface area (Å²) in [4.78, 5) is 20.7. The number of benzene rings is 2. The maximum Gasteiger partial charge on any atom is 0.301 e. The Kier molecular flexibility index (Phi) is 5.92. The average Bonchev–Trinajstić information content (AvgIpc) is 2.96. The first-order valence-corrected chi connectivity index (χ1v) is 9.52. The van der Waals surface area contributed by atoms with Crippen LogP contribution in [0.5, 0.6) is 0 Å². The molecule has 29 heavy (non-hydrogen) atoms. The van der Waals surface area contributed by atoms with E-state index in [2.05, 4.69) is 37.7 Å². The number of aromatic nitrogens is 1. The van der Waals surface area contributed by atoms with Crippen molar-refractivity contribution in [1.29, 1.82) is 0 Å². The molecule has 0 unspecified atom stereocenters. The molecule has 1 N–H and O–H groups in total. The molecule has 0 atom stereocenters. The van der Waals surface area contributed by atoms with Gasteiger partial charge in [0.15, 0.2) is 0 Å². The van der Waals surface area contributed by atoms with Gasteiger partial charge in [0.25, 0.3) is 5.69 Å². The number of hydrazone groups is 1. The summed E-state index contributed by atoms with van der Waals surface area (Å²) in [7, 11) is 0. The largest absolute Gasteiger partial charge is 0.318 e. The van der Waals surface area contributed by atoms with Crippen molar-refractivity contribution in [3.05, 3.63) is 89.3 Å². The van der Waals surface area contributed by atoms with E-state index >= 15 is 0 Å². The Hall–Kier alpha value is -3.28. The highest BCUT2D eigenvalue weighted by atomic mass is 127. The highest BCUT2D eigenvalue weighted by Gasteiger charge is 2.19. The number of hydrogen-bond donors (Lipinski definition) is 1. The first-order valence-electron chi connectivity index (χ1n) is 8.44. The third-order valence-electron chi connectivity index (χ3n) is 4.33. The second kappa shape index (κ2) is 8.39. The summed E-state index contributed by atoms with van der Waals surface area (Å²) in [5, 5.41) is 26.1. The molecule has 0 aliphatic rings. The molecule has 0 spiro atoms. The van der Waals surface area contributed by atoms with E-state index in [0.717, 1.165) is 32.3 Å². The second-order valence-electron chi connectivity index (χ2n) is 6.22. The molecule has 0 amide bonds. The van der Waals surface area contributed by atoms with E-state index in [1.54, 1.807) is 6.21 Å². The molecular formula is C19H16IN5O4. The summed E-state index contributed by atoms with van der Waals surface area (Å²) in [6.45, 7) is 3.94. The molecule has 148 valence electrons. The normalized spacial score (nSPS) is 11.0. The van der Waals surface area contributed by atoms with Crippen LogP contribution in [0.15, 0.2) is 53.6 Å². The van der Waals surface area contributed by atoms with E-state index in [0.29, 0.717) is 0 Å². The first kappa shape index (κ1) is 20.5. The van der Waals surface area contributed by atoms with Gasteiger partial charge in [-0.3, -0.25) is 25.7 Å². The van der Waals surface area contributed by atoms with Crippen molar-refractivity contribution < 1.29 is 9.85 Å². The van der Waals surface area contributed by atoms with Crippen molar-refractivity contribution in [2.24, 2.45) is 5.10 Å². The Morgan fingerprint density at radius 1 is 1.03 bits per heavy atom. The second-order valence-corrected chi connectivity index (χ2v) is 7.47. The van der Waals surface area contributed by atoms with Crippen molar-refractivity contribution in [3.8, 4) is 5.69 Å². The van der Waals surface area contributed by atoms with Gasteiger partial charge >= 0.3 is 5.69 Å². The fourth-order valence-corrected chi connectivity index (χ4v) is 3.32. The van der Waals surface area contributed by atoms with E-state index in [1.807, 2.05) is 44.2 Å². The zero-order valence-electron chi connectivity index (χ0n) is 15.5. The van der Waals surface area contributed by atoms with Gasteiger partial charge in [0, 0.05) is 32.3 Å². The van der Waals surface area contributed by atoms with Crippen LogP contribution in [0.2, 0.25) is 0 Å². The highest BCUT2D eigenvalue weighted by Crippen LogP contribution is 2.29. The molecule has 10 heteroatoms. The van der Waals surface area contributed by atoms with Gasteiger partial charge in [0.05, 0.1) is 22.1 Å². The van der Waals surface area contributed by atoms with Crippen molar-refractivity contribution in [2.75, 3.05) is 5.43 Å². The predicted molar refractivity (Wildman–Crippen MR) is 119 cm³/mol. The number of anilines is 1. The molecule has 9 nitrogen and oxygen atoms in total. The third-order valence-corrected chi connectivity index (χ3v) is 5.05. The van der Waals surface area contributed by atoms with Crippen molar-refractivity contribution >= 4 is 45.9 Å². The Bertz CT molecular complexity index is 1120. The molecule has 0 saturated heterocycles. The maximum atomic E-state index is 11.2. The Morgan fingerprint density at radius 2 is 1.72 bits per heavy atom. The zero-order chi connectivity index (χ0) is 21.1. The number of nitrogens with one attached hydrogen (secondary N) is 1. The molecule has 0 fully saturated rings. The smallest absolute Gasteiger partial charge is 0.301 e. The lowest BCUT2D eigenvalue weighted by atomic mass is 10.2. The highest BCUT2D eigenvalue weighted by molar-refractivity contribution is 14.1. The van der Waals surface area contributed by atoms with Crippen LogP contribution in [-0.4, -0.2) is 20.6 Å². The molecule has 0 radical (unpaired) electrons.